The second kappa shape index (κ2) is 9.33. The molecular formula is C25H31NO4. The topological polar surface area (TPSA) is 66.8 Å². The standard InChI is InChI=1S/C25H31NO4/c1-25(2,3)30-23(28)12-7-18-5-4-6-21(17-18)19-13-15-26(16-14-19)24(29)20-8-10-22(27)11-9-20/h4-6,8-11,17,19,27H,7,12-16H2,1-3H3. The van der Waals surface area contributed by atoms with Gasteiger partial charge >= 0.3 is 5.97 Å². The van der Waals surface area contributed by atoms with Gasteiger partial charge in [0.1, 0.15) is 11.4 Å². The van der Waals surface area contributed by atoms with Crippen molar-refractivity contribution in [2.75, 3.05) is 13.1 Å². The van der Waals surface area contributed by atoms with Crippen molar-refractivity contribution >= 4 is 11.9 Å². The minimum Gasteiger partial charge on any atom is -0.508 e. The zero-order valence-electron chi connectivity index (χ0n) is 18.1. The molecule has 0 saturated carbocycles. The Hall–Kier alpha value is -2.82. The highest BCUT2D eigenvalue weighted by atomic mass is 16.6. The Labute approximate surface area is 178 Å². The molecule has 2 aromatic carbocycles. The summed E-state index contributed by atoms with van der Waals surface area (Å²) in [5.74, 6) is 0.417. The number of aromatic hydroxyl groups is 1. The van der Waals surface area contributed by atoms with E-state index in [0.29, 0.717) is 37.4 Å². The fourth-order valence-electron chi connectivity index (χ4n) is 3.84. The number of amides is 1. The zero-order chi connectivity index (χ0) is 21.7. The molecule has 3 rings (SSSR count). The molecule has 2 aromatic rings. The summed E-state index contributed by atoms with van der Waals surface area (Å²) < 4.78 is 5.39. The quantitative estimate of drug-likeness (QED) is 0.728. The Bertz CT molecular complexity index is 875. The molecule has 5 nitrogen and oxygen atoms in total. The largest absolute Gasteiger partial charge is 0.508 e. The van der Waals surface area contributed by atoms with Crippen molar-refractivity contribution in [3.63, 3.8) is 0 Å². The average Bonchev–Trinajstić information content (AvgIpc) is 2.71. The zero-order valence-corrected chi connectivity index (χ0v) is 18.1. The van der Waals surface area contributed by atoms with Crippen LogP contribution in [0.1, 0.15) is 67.4 Å². The lowest BCUT2D eigenvalue weighted by Gasteiger charge is -2.32. The molecule has 1 N–H and O–H groups in total. The van der Waals surface area contributed by atoms with E-state index in [9.17, 15) is 14.7 Å². The predicted octanol–water partition coefficient (Wildman–Crippen LogP) is 4.69. The number of benzene rings is 2. The molecule has 0 aromatic heterocycles. The Balaban J connectivity index is 1.54. The van der Waals surface area contributed by atoms with Crippen LogP contribution in [0.5, 0.6) is 5.75 Å². The number of piperidine rings is 1. The number of ether oxygens (including phenoxy) is 1. The van der Waals surface area contributed by atoms with Gasteiger partial charge in [0.05, 0.1) is 0 Å². The number of phenolic OH excluding ortho intramolecular Hbond substituents is 1. The van der Waals surface area contributed by atoms with Crippen LogP contribution in [0.2, 0.25) is 0 Å². The van der Waals surface area contributed by atoms with Crippen molar-refractivity contribution in [1.82, 2.24) is 4.90 Å². The molecule has 0 spiro atoms. The molecule has 1 aliphatic heterocycles. The average molecular weight is 410 g/mol. The molecule has 30 heavy (non-hydrogen) atoms. The minimum atomic E-state index is -0.454. The van der Waals surface area contributed by atoms with Crippen molar-refractivity contribution in [3.05, 3.63) is 65.2 Å². The molecule has 1 fully saturated rings. The number of phenols is 1. The van der Waals surface area contributed by atoms with E-state index in [1.165, 1.54) is 5.56 Å². The summed E-state index contributed by atoms with van der Waals surface area (Å²) in [5, 5.41) is 9.40. The van der Waals surface area contributed by atoms with Crippen LogP contribution in [-0.2, 0) is 16.0 Å². The summed E-state index contributed by atoms with van der Waals surface area (Å²) >= 11 is 0. The summed E-state index contributed by atoms with van der Waals surface area (Å²) in [5.41, 5.74) is 2.56. The van der Waals surface area contributed by atoms with Gasteiger partial charge in [-0.2, -0.15) is 0 Å². The Morgan fingerprint density at radius 2 is 1.73 bits per heavy atom. The first-order valence-corrected chi connectivity index (χ1v) is 10.6. The van der Waals surface area contributed by atoms with E-state index in [-0.39, 0.29) is 17.6 Å². The van der Waals surface area contributed by atoms with Crippen molar-refractivity contribution < 1.29 is 19.4 Å². The number of hydrogen-bond donors (Lipinski definition) is 1. The lowest BCUT2D eigenvalue weighted by Crippen LogP contribution is -2.37. The molecule has 0 radical (unpaired) electrons. The van der Waals surface area contributed by atoms with Gasteiger partial charge in [0.25, 0.3) is 5.91 Å². The van der Waals surface area contributed by atoms with Crippen LogP contribution in [0.15, 0.2) is 48.5 Å². The van der Waals surface area contributed by atoms with Gasteiger partial charge in [-0.25, -0.2) is 0 Å². The van der Waals surface area contributed by atoms with Crippen LogP contribution in [-0.4, -0.2) is 40.6 Å². The SMILES string of the molecule is CC(C)(C)OC(=O)CCc1cccc(C2CCN(C(=O)c3ccc(O)cc3)CC2)c1. The Morgan fingerprint density at radius 1 is 1.07 bits per heavy atom. The van der Waals surface area contributed by atoms with Gasteiger partial charge in [-0.1, -0.05) is 24.3 Å². The molecule has 0 bridgehead atoms. The van der Waals surface area contributed by atoms with Gasteiger partial charge in [0.2, 0.25) is 0 Å². The first kappa shape index (κ1) is 21.9. The highest BCUT2D eigenvalue weighted by molar-refractivity contribution is 5.94. The molecule has 0 atom stereocenters. The molecule has 1 aliphatic rings. The second-order valence-electron chi connectivity index (χ2n) is 8.94. The summed E-state index contributed by atoms with van der Waals surface area (Å²) in [4.78, 5) is 26.5. The number of carbonyl (C=O) groups is 2. The summed E-state index contributed by atoms with van der Waals surface area (Å²) in [6.07, 6.45) is 2.87. The summed E-state index contributed by atoms with van der Waals surface area (Å²) in [6, 6.07) is 14.8. The number of carbonyl (C=O) groups excluding carboxylic acids is 2. The van der Waals surface area contributed by atoms with Gasteiger partial charge in [0, 0.05) is 25.1 Å². The second-order valence-corrected chi connectivity index (χ2v) is 8.94. The molecule has 0 aliphatic carbocycles. The van der Waals surface area contributed by atoms with Crippen LogP contribution in [0.25, 0.3) is 0 Å². The van der Waals surface area contributed by atoms with Gasteiger partial charge in [0.15, 0.2) is 0 Å². The summed E-state index contributed by atoms with van der Waals surface area (Å²) in [7, 11) is 0. The van der Waals surface area contributed by atoms with Crippen LogP contribution >= 0.6 is 0 Å². The number of nitrogens with zero attached hydrogens (tertiary/aromatic N) is 1. The van der Waals surface area contributed by atoms with Crippen LogP contribution in [0.3, 0.4) is 0 Å². The minimum absolute atomic E-state index is 0.0135. The van der Waals surface area contributed by atoms with E-state index in [2.05, 4.69) is 18.2 Å². The third-order valence-electron chi connectivity index (χ3n) is 5.36. The lowest BCUT2D eigenvalue weighted by atomic mass is 9.88. The maximum atomic E-state index is 12.7. The molecule has 160 valence electrons. The Morgan fingerprint density at radius 3 is 2.37 bits per heavy atom. The van der Waals surface area contributed by atoms with Crippen molar-refractivity contribution in [2.24, 2.45) is 0 Å². The maximum Gasteiger partial charge on any atom is 0.306 e. The predicted molar refractivity (Wildman–Crippen MR) is 117 cm³/mol. The number of esters is 1. The van der Waals surface area contributed by atoms with Crippen molar-refractivity contribution in [3.8, 4) is 5.75 Å². The smallest absolute Gasteiger partial charge is 0.306 e. The van der Waals surface area contributed by atoms with Crippen LogP contribution in [0, 0.1) is 0 Å². The monoisotopic (exact) mass is 409 g/mol. The number of hydrogen-bond acceptors (Lipinski definition) is 4. The van der Waals surface area contributed by atoms with Crippen molar-refractivity contribution in [2.45, 2.75) is 58.0 Å². The number of aryl methyl sites for hydroxylation is 1. The van der Waals surface area contributed by atoms with Gasteiger partial charge in [-0.15, -0.1) is 0 Å². The molecule has 0 unspecified atom stereocenters. The molecule has 1 heterocycles. The van der Waals surface area contributed by atoms with Gasteiger partial charge in [-0.3, -0.25) is 9.59 Å². The van der Waals surface area contributed by atoms with Gasteiger partial charge in [-0.05, 0) is 81.3 Å². The van der Waals surface area contributed by atoms with Crippen LogP contribution < -0.4 is 0 Å². The van der Waals surface area contributed by atoms with E-state index >= 15 is 0 Å². The molecule has 5 heteroatoms. The maximum absolute atomic E-state index is 12.7. The number of rotatable bonds is 5. The first-order chi connectivity index (χ1) is 14.2. The van der Waals surface area contributed by atoms with Crippen molar-refractivity contribution in [1.29, 1.82) is 0 Å². The third kappa shape index (κ3) is 6.09. The number of likely N-dealkylation sites (tertiary alicyclic amines) is 1. The summed E-state index contributed by atoms with van der Waals surface area (Å²) in [6.45, 7) is 7.07. The lowest BCUT2D eigenvalue weighted by molar-refractivity contribution is -0.154. The fraction of sp³-hybridized carbons (Fsp3) is 0.440. The first-order valence-electron chi connectivity index (χ1n) is 10.6. The Kier molecular flexibility index (Phi) is 6.80. The fourth-order valence-corrected chi connectivity index (χ4v) is 3.84. The molecular weight excluding hydrogens is 378 g/mol. The van der Waals surface area contributed by atoms with E-state index < -0.39 is 5.60 Å². The van der Waals surface area contributed by atoms with E-state index in [1.807, 2.05) is 31.7 Å². The van der Waals surface area contributed by atoms with E-state index in [4.69, 9.17) is 4.74 Å². The highest BCUT2D eigenvalue weighted by Crippen LogP contribution is 2.29. The molecule has 1 saturated heterocycles. The van der Waals surface area contributed by atoms with E-state index in [1.54, 1.807) is 24.3 Å². The normalized spacial score (nSPS) is 15.1. The highest BCUT2D eigenvalue weighted by Gasteiger charge is 2.25. The van der Waals surface area contributed by atoms with E-state index in [0.717, 1.165) is 18.4 Å². The third-order valence-corrected chi connectivity index (χ3v) is 5.36. The van der Waals surface area contributed by atoms with Gasteiger partial charge < -0.3 is 14.7 Å². The molecule has 1 amide bonds. The van der Waals surface area contributed by atoms with Crippen LogP contribution in [0.4, 0.5) is 0 Å².